The van der Waals surface area contributed by atoms with Crippen molar-refractivity contribution in [3.63, 3.8) is 0 Å². The SMILES string of the molecule is CC#CCn1nc(CC)nc1Cc1ccc(-c2ccccc2-c2nn[nH]n2)cc1. The molecule has 2 aromatic heterocycles. The number of tetrazole rings is 1. The minimum atomic E-state index is 0.564. The van der Waals surface area contributed by atoms with Gasteiger partial charge in [-0.25, -0.2) is 9.67 Å². The number of nitrogens with one attached hydrogen (secondary N) is 1. The molecule has 29 heavy (non-hydrogen) atoms. The van der Waals surface area contributed by atoms with E-state index >= 15 is 0 Å². The molecule has 2 heterocycles. The standard InChI is InChI=1S/C22H21N7/c1-3-5-14-29-21(23-20(4-2)26-29)15-16-10-12-17(13-11-16)18-8-6-7-9-19(18)22-24-27-28-25-22/h6-13H,4,14-15H2,1-2H3,(H,24,25,27,28). The van der Waals surface area contributed by atoms with Crippen LogP contribution in [0.25, 0.3) is 22.5 Å². The molecule has 0 atom stereocenters. The Kier molecular flexibility index (Phi) is 5.43. The molecule has 7 heteroatoms. The number of H-pyrrole nitrogens is 1. The van der Waals surface area contributed by atoms with Gasteiger partial charge in [0.25, 0.3) is 0 Å². The van der Waals surface area contributed by atoms with E-state index in [0.29, 0.717) is 18.8 Å². The maximum absolute atomic E-state index is 4.66. The molecule has 4 aromatic rings. The summed E-state index contributed by atoms with van der Waals surface area (Å²) >= 11 is 0. The van der Waals surface area contributed by atoms with Crippen LogP contribution in [0.2, 0.25) is 0 Å². The summed E-state index contributed by atoms with van der Waals surface area (Å²) < 4.78 is 1.90. The summed E-state index contributed by atoms with van der Waals surface area (Å²) in [5.74, 6) is 8.36. The van der Waals surface area contributed by atoms with Gasteiger partial charge in [0.15, 0.2) is 5.82 Å². The predicted octanol–water partition coefficient (Wildman–Crippen LogP) is 3.30. The van der Waals surface area contributed by atoms with Crippen LogP contribution in [0.15, 0.2) is 48.5 Å². The second-order valence-corrected chi connectivity index (χ2v) is 6.54. The van der Waals surface area contributed by atoms with E-state index in [4.69, 9.17) is 0 Å². The van der Waals surface area contributed by atoms with Gasteiger partial charge in [-0.05, 0) is 28.8 Å². The first-order chi connectivity index (χ1) is 14.3. The molecule has 7 nitrogen and oxygen atoms in total. The van der Waals surface area contributed by atoms with Crippen LogP contribution in [0.4, 0.5) is 0 Å². The Balaban J connectivity index is 1.60. The van der Waals surface area contributed by atoms with Crippen LogP contribution in [0.1, 0.15) is 31.1 Å². The Morgan fingerprint density at radius 1 is 1.03 bits per heavy atom. The third-order valence-corrected chi connectivity index (χ3v) is 4.65. The van der Waals surface area contributed by atoms with Crippen LogP contribution in [-0.4, -0.2) is 35.4 Å². The zero-order chi connectivity index (χ0) is 20.1. The van der Waals surface area contributed by atoms with Crippen LogP contribution in [-0.2, 0) is 19.4 Å². The first kappa shape index (κ1) is 18.6. The molecule has 0 amide bonds. The first-order valence-electron chi connectivity index (χ1n) is 9.53. The Labute approximate surface area is 169 Å². The molecule has 2 aromatic carbocycles. The van der Waals surface area contributed by atoms with Gasteiger partial charge in [0, 0.05) is 18.4 Å². The van der Waals surface area contributed by atoms with E-state index in [2.05, 4.69) is 79.8 Å². The first-order valence-corrected chi connectivity index (χ1v) is 9.53. The Bertz CT molecular complexity index is 1150. The highest BCUT2D eigenvalue weighted by Gasteiger charge is 2.12. The second-order valence-electron chi connectivity index (χ2n) is 6.54. The summed E-state index contributed by atoms with van der Waals surface area (Å²) in [5, 5.41) is 19.0. The number of hydrogen-bond acceptors (Lipinski definition) is 5. The van der Waals surface area contributed by atoms with Crippen LogP contribution in [0.3, 0.4) is 0 Å². The summed E-state index contributed by atoms with van der Waals surface area (Å²) in [6.07, 6.45) is 1.52. The van der Waals surface area contributed by atoms with Crippen molar-refractivity contribution in [3.05, 3.63) is 65.7 Å². The van der Waals surface area contributed by atoms with Crippen molar-refractivity contribution in [1.82, 2.24) is 35.4 Å². The largest absolute Gasteiger partial charge is 0.237 e. The van der Waals surface area contributed by atoms with Gasteiger partial charge >= 0.3 is 0 Å². The molecule has 1 N–H and O–H groups in total. The van der Waals surface area contributed by atoms with Gasteiger partial charge in [-0.2, -0.15) is 10.3 Å². The number of nitrogens with zero attached hydrogens (tertiary/aromatic N) is 6. The van der Waals surface area contributed by atoms with E-state index in [1.54, 1.807) is 0 Å². The van der Waals surface area contributed by atoms with Gasteiger partial charge in [0.05, 0.1) is 0 Å². The molecule has 0 aliphatic rings. The summed E-state index contributed by atoms with van der Waals surface area (Å²) in [7, 11) is 0. The fraction of sp³-hybridized carbons (Fsp3) is 0.227. The topological polar surface area (TPSA) is 85.2 Å². The highest BCUT2D eigenvalue weighted by atomic mass is 15.5. The average molecular weight is 383 g/mol. The lowest BCUT2D eigenvalue weighted by Gasteiger charge is -2.08. The van der Waals surface area contributed by atoms with Gasteiger partial charge in [0.1, 0.15) is 12.4 Å². The molecule has 0 fully saturated rings. The smallest absolute Gasteiger partial charge is 0.205 e. The van der Waals surface area contributed by atoms with Crippen molar-refractivity contribution < 1.29 is 0 Å². The van der Waals surface area contributed by atoms with Crippen molar-refractivity contribution in [2.24, 2.45) is 0 Å². The zero-order valence-electron chi connectivity index (χ0n) is 16.4. The molecule has 0 radical (unpaired) electrons. The Morgan fingerprint density at radius 2 is 1.83 bits per heavy atom. The Hall–Kier alpha value is -3.79. The van der Waals surface area contributed by atoms with Crippen LogP contribution >= 0.6 is 0 Å². The van der Waals surface area contributed by atoms with Gasteiger partial charge in [0.2, 0.25) is 5.82 Å². The van der Waals surface area contributed by atoms with E-state index in [9.17, 15) is 0 Å². The highest BCUT2D eigenvalue weighted by Crippen LogP contribution is 2.29. The quantitative estimate of drug-likeness (QED) is 0.516. The van der Waals surface area contributed by atoms with E-state index in [1.165, 1.54) is 5.56 Å². The minimum Gasteiger partial charge on any atom is -0.237 e. The van der Waals surface area contributed by atoms with Crippen molar-refractivity contribution in [3.8, 4) is 34.4 Å². The number of aromatic amines is 1. The van der Waals surface area contributed by atoms with E-state index in [1.807, 2.05) is 29.8 Å². The lowest BCUT2D eigenvalue weighted by molar-refractivity contribution is 0.664. The third-order valence-electron chi connectivity index (χ3n) is 4.65. The summed E-state index contributed by atoms with van der Waals surface area (Å²) in [5.41, 5.74) is 4.28. The molecular weight excluding hydrogens is 362 g/mol. The molecular formula is C22H21N7. The lowest BCUT2D eigenvalue weighted by atomic mass is 9.98. The molecule has 0 aliphatic heterocycles. The van der Waals surface area contributed by atoms with E-state index < -0.39 is 0 Å². The molecule has 0 bridgehead atoms. The minimum absolute atomic E-state index is 0.564. The Morgan fingerprint density at radius 3 is 2.52 bits per heavy atom. The predicted molar refractivity (Wildman–Crippen MR) is 111 cm³/mol. The van der Waals surface area contributed by atoms with Crippen molar-refractivity contribution in [1.29, 1.82) is 0 Å². The van der Waals surface area contributed by atoms with Crippen molar-refractivity contribution in [2.75, 3.05) is 0 Å². The molecule has 0 aliphatic carbocycles. The molecule has 0 saturated carbocycles. The normalized spacial score (nSPS) is 10.6. The molecule has 0 unspecified atom stereocenters. The van der Waals surface area contributed by atoms with Gasteiger partial charge in [-0.15, -0.1) is 16.1 Å². The molecule has 144 valence electrons. The summed E-state index contributed by atoms with van der Waals surface area (Å²) in [6.45, 7) is 4.46. The third kappa shape index (κ3) is 4.06. The molecule has 4 rings (SSSR count). The van der Waals surface area contributed by atoms with Gasteiger partial charge in [-0.1, -0.05) is 61.4 Å². The van der Waals surface area contributed by atoms with Crippen molar-refractivity contribution in [2.45, 2.75) is 33.2 Å². The highest BCUT2D eigenvalue weighted by molar-refractivity contribution is 5.80. The van der Waals surface area contributed by atoms with E-state index in [-0.39, 0.29) is 0 Å². The molecule has 0 spiro atoms. The number of benzene rings is 2. The fourth-order valence-corrected chi connectivity index (χ4v) is 3.18. The summed E-state index contributed by atoms with van der Waals surface area (Å²) in [4.78, 5) is 4.66. The number of rotatable bonds is 6. The van der Waals surface area contributed by atoms with Crippen LogP contribution in [0.5, 0.6) is 0 Å². The van der Waals surface area contributed by atoms with Gasteiger partial charge in [-0.3, -0.25) is 0 Å². The van der Waals surface area contributed by atoms with Crippen LogP contribution in [0, 0.1) is 11.8 Å². The van der Waals surface area contributed by atoms with Gasteiger partial charge < -0.3 is 0 Å². The summed E-state index contributed by atoms with van der Waals surface area (Å²) in [6, 6.07) is 16.5. The fourth-order valence-electron chi connectivity index (χ4n) is 3.18. The number of aryl methyl sites for hydroxylation is 1. The second kappa shape index (κ2) is 8.48. The lowest BCUT2D eigenvalue weighted by Crippen LogP contribution is -2.05. The zero-order valence-corrected chi connectivity index (χ0v) is 16.4. The molecule has 0 saturated heterocycles. The van der Waals surface area contributed by atoms with Crippen LogP contribution < -0.4 is 0 Å². The number of aromatic nitrogens is 7. The maximum Gasteiger partial charge on any atom is 0.205 e. The number of hydrogen-bond donors (Lipinski definition) is 1. The van der Waals surface area contributed by atoms with Crippen molar-refractivity contribution >= 4 is 0 Å². The monoisotopic (exact) mass is 383 g/mol. The maximum atomic E-state index is 4.66. The van der Waals surface area contributed by atoms with E-state index in [0.717, 1.165) is 34.8 Å². The average Bonchev–Trinajstić information content (AvgIpc) is 3.43.